The minimum absolute atomic E-state index is 0.0159. The summed E-state index contributed by atoms with van der Waals surface area (Å²) < 4.78 is 0. The number of nitrogens with zero attached hydrogens (tertiary/aromatic N) is 2. The van der Waals surface area contributed by atoms with Crippen LogP contribution in [-0.4, -0.2) is 15.8 Å². The fourth-order valence-corrected chi connectivity index (χ4v) is 3.06. The number of amides is 1. The number of nitrogens with one attached hydrogen (secondary N) is 1. The van der Waals surface area contributed by atoms with E-state index in [1.165, 1.54) is 17.4 Å². The van der Waals surface area contributed by atoms with Gasteiger partial charge in [0.05, 0.1) is 17.4 Å². The molecular formula is C15H17N3O3S. The zero-order valence-electron chi connectivity index (χ0n) is 12.4. The number of aryl methyl sites for hydroxylation is 1. The number of nitro benzene ring substituents is 1. The molecule has 0 radical (unpaired) electrons. The van der Waals surface area contributed by atoms with Crippen LogP contribution in [0.5, 0.6) is 0 Å². The van der Waals surface area contributed by atoms with Crippen LogP contribution in [-0.2, 0) is 11.2 Å². The van der Waals surface area contributed by atoms with Gasteiger partial charge in [0.15, 0.2) is 0 Å². The summed E-state index contributed by atoms with van der Waals surface area (Å²) in [6, 6.07) is 6.13. The Morgan fingerprint density at radius 3 is 2.77 bits per heavy atom. The van der Waals surface area contributed by atoms with Crippen LogP contribution in [0.15, 0.2) is 29.6 Å². The standard InChI is InChI=1S/C15H17N3O3S/c1-3-12(15-16-10(2)9-22-15)17-14(19)8-11-6-4-5-7-13(11)18(20)21/h4-7,9,12H,3,8H2,1-2H3,(H,17,19)/t12-/m1/s1. The van der Waals surface area contributed by atoms with Gasteiger partial charge in [-0.25, -0.2) is 4.98 Å². The van der Waals surface area contributed by atoms with Gasteiger partial charge in [-0.05, 0) is 13.3 Å². The van der Waals surface area contributed by atoms with Crippen molar-refractivity contribution in [2.24, 2.45) is 0 Å². The van der Waals surface area contributed by atoms with Crippen molar-refractivity contribution in [1.29, 1.82) is 0 Å². The van der Waals surface area contributed by atoms with Gasteiger partial charge in [-0.3, -0.25) is 14.9 Å². The van der Waals surface area contributed by atoms with E-state index in [0.29, 0.717) is 5.56 Å². The Balaban J connectivity index is 2.08. The Kier molecular flexibility index (Phi) is 5.21. The second kappa shape index (κ2) is 7.13. The van der Waals surface area contributed by atoms with E-state index in [1.807, 2.05) is 19.2 Å². The van der Waals surface area contributed by atoms with E-state index in [9.17, 15) is 14.9 Å². The Morgan fingerprint density at radius 2 is 2.18 bits per heavy atom. The van der Waals surface area contributed by atoms with Crippen LogP contribution in [0.2, 0.25) is 0 Å². The lowest BCUT2D eigenvalue weighted by atomic mass is 10.1. The maximum atomic E-state index is 12.2. The average Bonchev–Trinajstić information content (AvgIpc) is 2.91. The maximum absolute atomic E-state index is 12.2. The third-order valence-corrected chi connectivity index (χ3v) is 4.29. The molecule has 1 aromatic carbocycles. The molecule has 0 saturated heterocycles. The van der Waals surface area contributed by atoms with Gasteiger partial charge < -0.3 is 5.32 Å². The average molecular weight is 319 g/mol. The Hall–Kier alpha value is -2.28. The molecule has 0 unspecified atom stereocenters. The van der Waals surface area contributed by atoms with Crippen molar-refractivity contribution in [2.75, 3.05) is 0 Å². The molecule has 1 N–H and O–H groups in total. The number of para-hydroxylation sites is 1. The van der Waals surface area contributed by atoms with Crippen LogP contribution < -0.4 is 5.32 Å². The Labute approximate surface area is 132 Å². The predicted octanol–water partition coefficient (Wildman–Crippen LogP) is 3.17. The first-order valence-corrected chi connectivity index (χ1v) is 7.83. The lowest BCUT2D eigenvalue weighted by molar-refractivity contribution is -0.385. The van der Waals surface area contributed by atoms with Gasteiger partial charge in [0.1, 0.15) is 5.01 Å². The van der Waals surface area contributed by atoms with Gasteiger partial charge in [0.2, 0.25) is 5.91 Å². The van der Waals surface area contributed by atoms with E-state index in [0.717, 1.165) is 17.1 Å². The van der Waals surface area contributed by atoms with Crippen LogP contribution in [0.3, 0.4) is 0 Å². The van der Waals surface area contributed by atoms with E-state index in [1.54, 1.807) is 18.2 Å². The molecule has 0 aliphatic carbocycles. The molecule has 22 heavy (non-hydrogen) atoms. The molecule has 0 aliphatic rings. The van der Waals surface area contributed by atoms with E-state index in [4.69, 9.17) is 0 Å². The molecule has 2 rings (SSSR count). The van der Waals surface area contributed by atoms with Crippen molar-refractivity contribution in [3.63, 3.8) is 0 Å². The second-order valence-corrected chi connectivity index (χ2v) is 5.81. The van der Waals surface area contributed by atoms with Crippen molar-refractivity contribution >= 4 is 22.9 Å². The minimum Gasteiger partial charge on any atom is -0.347 e. The lowest BCUT2D eigenvalue weighted by Crippen LogP contribution is -2.29. The Morgan fingerprint density at radius 1 is 1.45 bits per heavy atom. The molecule has 116 valence electrons. The second-order valence-electron chi connectivity index (χ2n) is 4.92. The van der Waals surface area contributed by atoms with Crippen LogP contribution in [0.1, 0.15) is 35.7 Å². The molecule has 0 spiro atoms. The first-order valence-electron chi connectivity index (χ1n) is 6.95. The summed E-state index contributed by atoms with van der Waals surface area (Å²) in [6.45, 7) is 3.87. The van der Waals surface area contributed by atoms with Crippen LogP contribution in [0.25, 0.3) is 0 Å². The lowest BCUT2D eigenvalue weighted by Gasteiger charge is -2.14. The summed E-state index contributed by atoms with van der Waals surface area (Å²) in [5.41, 5.74) is 1.30. The summed E-state index contributed by atoms with van der Waals surface area (Å²) in [4.78, 5) is 27.1. The number of thiazole rings is 1. The van der Waals surface area contributed by atoms with Crippen LogP contribution in [0, 0.1) is 17.0 Å². The van der Waals surface area contributed by atoms with Gasteiger partial charge in [0.25, 0.3) is 5.69 Å². The highest BCUT2D eigenvalue weighted by molar-refractivity contribution is 7.09. The van der Waals surface area contributed by atoms with Crippen LogP contribution in [0.4, 0.5) is 5.69 Å². The van der Waals surface area contributed by atoms with Gasteiger partial charge in [0, 0.05) is 22.7 Å². The third kappa shape index (κ3) is 3.88. The van der Waals surface area contributed by atoms with Crippen molar-refractivity contribution in [3.05, 3.63) is 56.0 Å². The maximum Gasteiger partial charge on any atom is 0.273 e. The van der Waals surface area contributed by atoms with Crippen molar-refractivity contribution in [1.82, 2.24) is 10.3 Å². The minimum atomic E-state index is -0.468. The molecule has 0 aliphatic heterocycles. The molecule has 1 amide bonds. The quantitative estimate of drug-likeness (QED) is 0.654. The summed E-state index contributed by atoms with van der Waals surface area (Å²) >= 11 is 1.50. The van der Waals surface area contributed by atoms with E-state index < -0.39 is 4.92 Å². The smallest absolute Gasteiger partial charge is 0.273 e. The molecular weight excluding hydrogens is 302 g/mol. The highest BCUT2D eigenvalue weighted by atomic mass is 32.1. The first-order chi connectivity index (χ1) is 10.5. The van der Waals surface area contributed by atoms with E-state index in [2.05, 4.69) is 10.3 Å². The molecule has 2 aromatic rings. The molecule has 1 aromatic heterocycles. The number of rotatable bonds is 6. The normalized spacial score (nSPS) is 11.9. The summed E-state index contributed by atoms with van der Waals surface area (Å²) in [5.74, 6) is -0.242. The van der Waals surface area contributed by atoms with Crippen molar-refractivity contribution < 1.29 is 9.72 Å². The SMILES string of the molecule is CC[C@@H](NC(=O)Cc1ccccc1[N+](=O)[O-])c1nc(C)cs1. The number of aromatic nitrogens is 1. The molecule has 0 saturated carbocycles. The first kappa shape index (κ1) is 16.1. The van der Waals surface area contributed by atoms with E-state index >= 15 is 0 Å². The Bertz CT molecular complexity index is 684. The molecule has 6 nitrogen and oxygen atoms in total. The van der Waals surface area contributed by atoms with Crippen molar-refractivity contribution in [3.8, 4) is 0 Å². The molecule has 0 bridgehead atoms. The highest BCUT2D eigenvalue weighted by Crippen LogP contribution is 2.22. The molecule has 1 heterocycles. The molecule has 0 fully saturated rings. The zero-order chi connectivity index (χ0) is 16.1. The summed E-state index contributed by atoms with van der Waals surface area (Å²) in [7, 11) is 0. The number of nitro groups is 1. The van der Waals surface area contributed by atoms with Gasteiger partial charge in [-0.2, -0.15) is 0 Å². The monoisotopic (exact) mass is 319 g/mol. The number of hydrogen-bond acceptors (Lipinski definition) is 5. The highest BCUT2D eigenvalue weighted by Gasteiger charge is 2.19. The van der Waals surface area contributed by atoms with Gasteiger partial charge >= 0.3 is 0 Å². The van der Waals surface area contributed by atoms with Gasteiger partial charge in [-0.15, -0.1) is 11.3 Å². The summed E-state index contributed by atoms with van der Waals surface area (Å²) in [6.07, 6.45) is 0.702. The third-order valence-electron chi connectivity index (χ3n) is 3.22. The molecule has 1 atom stereocenters. The topological polar surface area (TPSA) is 85.1 Å². The zero-order valence-corrected chi connectivity index (χ0v) is 13.2. The summed E-state index contributed by atoms with van der Waals surface area (Å²) in [5, 5.41) is 16.7. The fourth-order valence-electron chi connectivity index (χ4n) is 2.13. The van der Waals surface area contributed by atoms with Gasteiger partial charge in [-0.1, -0.05) is 25.1 Å². The van der Waals surface area contributed by atoms with Crippen LogP contribution >= 0.6 is 11.3 Å². The fraction of sp³-hybridized carbons (Fsp3) is 0.333. The largest absolute Gasteiger partial charge is 0.347 e. The predicted molar refractivity (Wildman–Crippen MR) is 84.8 cm³/mol. The number of hydrogen-bond donors (Lipinski definition) is 1. The number of carbonyl (C=O) groups excluding carboxylic acids is 1. The number of benzene rings is 1. The number of carbonyl (C=O) groups is 1. The van der Waals surface area contributed by atoms with Crippen molar-refractivity contribution in [2.45, 2.75) is 32.7 Å². The van der Waals surface area contributed by atoms with E-state index in [-0.39, 0.29) is 24.1 Å². The molecule has 7 heteroatoms.